The van der Waals surface area contributed by atoms with Crippen molar-refractivity contribution in [2.75, 3.05) is 13.2 Å². The van der Waals surface area contributed by atoms with Gasteiger partial charge in [-0.2, -0.15) is 0 Å². The molecular formula is C12H9BrO3. The zero-order chi connectivity index (χ0) is 12.0. The van der Waals surface area contributed by atoms with Crippen LogP contribution in [0.5, 0.6) is 5.75 Å². The summed E-state index contributed by atoms with van der Waals surface area (Å²) in [5.74, 6) is 10.1. The normalized spacial score (nSPS) is 8.69. The number of hydrogen-bond acceptors (Lipinski definition) is 3. The standard InChI is InChI=1S/C12H9BrO3/c13-11-7-9(3-1-5-14)12(16)10(8-11)4-2-6-15/h7-8,14-16H,5-6H2. The van der Waals surface area contributed by atoms with Gasteiger partial charge in [0.25, 0.3) is 0 Å². The first-order chi connectivity index (χ1) is 7.69. The van der Waals surface area contributed by atoms with Gasteiger partial charge in [0, 0.05) is 4.47 Å². The van der Waals surface area contributed by atoms with Crippen LogP contribution < -0.4 is 0 Å². The van der Waals surface area contributed by atoms with Gasteiger partial charge < -0.3 is 15.3 Å². The first kappa shape index (κ1) is 12.6. The van der Waals surface area contributed by atoms with Crippen LogP contribution in [0.25, 0.3) is 0 Å². The number of aliphatic hydroxyl groups excluding tert-OH is 2. The summed E-state index contributed by atoms with van der Waals surface area (Å²) in [5, 5.41) is 26.9. The molecule has 1 aromatic carbocycles. The van der Waals surface area contributed by atoms with Crippen LogP contribution in [0.1, 0.15) is 11.1 Å². The lowest BCUT2D eigenvalue weighted by molar-refractivity contribution is 0.350. The Bertz CT molecular complexity index is 457. The van der Waals surface area contributed by atoms with E-state index in [1.54, 1.807) is 12.1 Å². The van der Waals surface area contributed by atoms with Crippen molar-refractivity contribution < 1.29 is 15.3 Å². The third kappa shape index (κ3) is 3.29. The second-order valence-corrected chi connectivity index (χ2v) is 3.68. The highest BCUT2D eigenvalue weighted by atomic mass is 79.9. The topological polar surface area (TPSA) is 60.7 Å². The Morgan fingerprint density at radius 2 is 1.44 bits per heavy atom. The third-order valence-electron chi connectivity index (χ3n) is 1.68. The molecule has 82 valence electrons. The molecule has 0 bridgehead atoms. The van der Waals surface area contributed by atoms with E-state index in [1.807, 2.05) is 0 Å². The van der Waals surface area contributed by atoms with E-state index >= 15 is 0 Å². The molecule has 0 radical (unpaired) electrons. The Balaban J connectivity index is 3.26. The number of phenolic OH excluding ortho intramolecular Hbond substituents is 1. The summed E-state index contributed by atoms with van der Waals surface area (Å²) < 4.78 is 0.717. The van der Waals surface area contributed by atoms with Crippen LogP contribution in [0, 0.1) is 23.7 Å². The largest absolute Gasteiger partial charge is 0.505 e. The van der Waals surface area contributed by atoms with E-state index in [0.717, 1.165) is 4.47 Å². The molecule has 4 heteroatoms. The molecule has 0 atom stereocenters. The van der Waals surface area contributed by atoms with Gasteiger partial charge in [-0.15, -0.1) is 0 Å². The minimum atomic E-state index is -0.274. The molecule has 16 heavy (non-hydrogen) atoms. The monoisotopic (exact) mass is 280 g/mol. The molecule has 0 fully saturated rings. The van der Waals surface area contributed by atoms with Gasteiger partial charge in [-0.05, 0) is 12.1 Å². The van der Waals surface area contributed by atoms with Gasteiger partial charge in [0.1, 0.15) is 19.0 Å². The summed E-state index contributed by atoms with van der Waals surface area (Å²) >= 11 is 3.26. The predicted molar refractivity (Wildman–Crippen MR) is 63.7 cm³/mol. The van der Waals surface area contributed by atoms with E-state index in [-0.39, 0.29) is 19.0 Å². The maximum atomic E-state index is 9.78. The molecule has 0 aliphatic heterocycles. The summed E-state index contributed by atoms with van der Waals surface area (Å²) in [6.07, 6.45) is 0. The Morgan fingerprint density at radius 3 is 1.81 bits per heavy atom. The Morgan fingerprint density at radius 1 is 1.00 bits per heavy atom. The molecule has 0 saturated carbocycles. The van der Waals surface area contributed by atoms with E-state index in [4.69, 9.17) is 10.2 Å². The fourth-order valence-corrected chi connectivity index (χ4v) is 1.52. The van der Waals surface area contributed by atoms with Crippen LogP contribution in [0.15, 0.2) is 16.6 Å². The predicted octanol–water partition coefficient (Wildman–Crippen LogP) is 0.842. The van der Waals surface area contributed by atoms with Gasteiger partial charge in [0.2, 0.25) is 0 Å². The number of benzene rings is 1. The Labute approximate surface area is 102 Å². The summed E-state index contributed by atoms with van der Waals surface area (Å²) in [7, 11) is 0. The fraction of sp³-hybridized carbons (Fsp3) is 0.167. The Kier molecular flexibility index (Phi) is 4.88. The average molecular weight is 281 g/mol. The van der Waals surface area contributed by atoms with Crippen molar-refractivity contribution in [1.29, 1.82) is 0 Å². The molecule has 0 aliphatic rings. The lowest BCUT2D eigenvalue weighted by atomic mass is 10.1. The van der Waals surface area contributed by atoms with Gasteiger partial charge in [0.05, 0.1) is 11.1 Å². The van der Waals surface area contributed by atoms with Gasteiger partial charge in [-0.1, -0.05) is 39.6 Å². The zero-order valence-electron chi connectivity index (χ0n) is 8.29. The highest BCUT2D eigenvalue weighted by Crippen LogP contribution is 2.26. The number of aliphatic hydroxyl groups is 2. The molecule has 0 aromatic heterocycles. The second-order valence-electron chi connectivity index (χ2n) is 2.77. The third-order valence-corrected chi connectivity index (χ3v) is 2.14. The first-order valence-corrected chi connectivity index (χ1v) is 5.20. The number of halogens is 1. The van der Waals surface area contributed by atoms with Crippen LogP contribution >= 0.6 is 15.9 Å². The van der Waals surface area contributed by atoms with Crippen LogP contribution in [-0.2, 0) is 0 Å². The van der Waals surface area contributed by atoms with E-state index in [2.05, 4.69) is 39.6 Å². The van der Waals surface area contributed by atoms with Crippen molar-refractivity contribution in [3.63, 3.8) is 0 Å². The lowest BCUT2D eigenvalue weighted by Gasteiger charge is -2.01. The van der Waals surface area contributed by atoms with Gasteiger partial charge in [-0.25, -0.2) is 0 Å². The van der Waals surface area contributed by atoms with Crippen LogP contribution in [0.4, 0.5) is 0 Å². The second kappa shape index (κ2) is 6.19. The van der Waals surface area contributed by atoms with Gasteiger partial charge in [-0.3, -0.25) is 0 Å². The molecule has 0 amide bonds. The molecule has 0 aliphatic carbocycles. The molecule has 0 unspecified atom stereocenters. The Hall–Kier alpha value is -1.46. The molecule has 3 nitrogen and oxygen atoms in total. The van der Waals surface area contributed by atoms with Gasteiger partial charge in [0.15, 0.2) is 0 Å². The minimum absolute atomic E-state index is 0.0508. The highest BCUT2D eigenvalue weighted by Gasteiger charge is 2.05. The summed E-state index contributed by atoms with van der Waals surface area (Å²) in [5.41, 5.74) is 0.760. The van der Waals surface area contributed by atoms with Gasteiger partial charge >= 0.3 is 0 Å². The minimum Gasteiger partial charge on any atom is -0.505 e. The first-order valence-electron chi connectivity index (χ1n) is 4.41. The summed E-state index contributed by atoms with van der Waals surface area (Å²) in [6, 6.07) is 3.25. The van der Waals surface area contributed by atoms with Crippen molar-refractivity contribution in [2.45, 2.75) is 0 Å². The smallest absolute Gasteiger partial charge is 0.146 e. The maximum absolute atomic E-state index is 9.78. The number of rotatable bonds is 0. The van der Waals surface area contributed by atoms with Crippen LogP contribution in [0.2, 0.25) is 0 Å². The molecule has 0 saturated heterocycles. The summed E-state index contributed by atoms with van der Waals surface area (Å²) in [4.78, 5) is 0. The van der Waals surface area contributed by atoms with Crippen molar-refractivity contribution in [2.24, 2.45) is 0 Å². The lowest BCUT2D eigenvalue weighted by Crippen LogP contribution is -1.85. The molecule has 1 aromatic rings. The molecule has 1 rings (SSSR count). The highest BCUT2D eigenvalue weighted by molar-refractivity contribution is 9.10. The van der Waals surface area contributed by atoms with E-state index in [1.165, 1.54) is 0 Å². The van der Waals surface area contributed by atoms with Crippen molar-refractivity contribution in [3.8, 4) is 29.4 Å². The van der Waals surface area contributed by atoms with Crippen molar-refractivity contribution >= 4 is 15.9 Å². The summed E-state index contributed by atoms with van der Waals surface area (Å²) in [6.45, 7) is -0.548. The quantitative estimate of drug-likeness (QED) is 0.618. The molecule has 0 spiro atoms. The number of phenols is 1. The number of aromatic hydroxyl groups is 1. The maximum Gasteiger partial charge on any atom is 0.146 e. The van der Waals surface area contributed by atoms with E-state index in [0.29, 0.717) is 11.1 Å². The molecule has 3 N–H and O–H groups in total. The average Bonchev–Trinajstić information content (AvgIpc) is 2.28. The van der Waals surface area contributed by atoms with Crippen LogP contribution in [0.3, 0.4) is 0 Å². The SMILES string of the molecule is OCC#Cc1cc(Br)cc(C#CCO)c1O. The molecular weight excluding hydrogens is 272 g/mol. The van der Waals surface area contributed by atoms with E-state index in [9.17, 15) is 5.11 Å². The van der Waals surface area contributed by atoms with Crippen molar-refractivity contribution in [1.82, 2.24) is 0 Å². The fourth-order valence-electron chi connectivity index (χ4n) is 1.06. The van der Waals surface area contributed by atoms with Crippen LogP contribution in [-0.4, -0.2) is 28.5 Å². The van der Waals surface area contributed by atoms with E-state index < -0.39 is 0 Å². The zero-order valence-corrected chi connectivity index (χ0v) is 9.87. The molecule has 0 heterocycles. The van der Waals surface area contributed by atoms with Crippen molar-refractivity contribution in [3.05, 3.63) is 27.7 Å². The number of hydrogen-bond donors (Lipinski definition) is 3.